The van der Waals surface area contributed by atoms with Crippen LogP contribution in [0.15, 0.2) is 48.5 Å². The number of urea groups is 1. The van der Waals surface area contributed by atoms with Crippen molar-refractivity contribution in [1.29, 1.82) is 0 Å². The maximum Gasteiger partial charge on any atom is 0.387 e. The summed E-state index contributed by atoms with van der Waals surface area (Å²) in [6, 6.07) is 12.2. The van der Waals surface area contributed by atoms with Crippen LogP contribution >= 0.6 is 0 Å². The minimum Gasteiger partial charge on any atom is -0.435 e. The van der Waals surface area contributed by atoms with Crippen molar-refractivity contribution >= 4 is 17.7 Å². The van der Waals surface area contributed by atoms with Gasteiger partial charge in [-0.05, 0) is 48.9 Å². The second-order valence-corrected chi connectivity index (χ2v) is 8.73. The number of hydrogen-bond acceptors (Lipinski definition) is 4. The Morgan fingerprint density at radius 3 is 2.30 bits per heavy atom. The topological polar surface area (TPSA) is 75.7 Å². The summed E-state index contributed by atoms with van der Waals surface area (Å²) in [5.74, 6) is -0.453. The minimum atomic E-state index is -2.96. The molecule has 6 nitrogen and oxygen atoms in total. The molecule has 1 unspecified atom stereocenters. The maximum atomic E-state index is 13.1. The Bertz CT molecular complexity index is 1030. The number of carbonyl (C=O) groups is 3. The molecule has 1 aliphatic carbocycles. The lowest BCUT2D eigenvalue weighted by molar-refractivity contribution is -0.130. The summed E-state index contributed by atoms with van der Waals surface area (Å²) in [5, 5.41) is 2.61. The van der Waals surface area contributed by atoms with Crippen molar-refractivity contribution in [2.45, 2.75) is 57.1 Å². The zero-order valence-corrected chi connectivity index (χ0v) is 18.4. The molecule has 2 fully saturated rings. The highest BCUT2D eigenvalue weighted by Crippen LogP contribution is 2.33. The number of ketones is 1. The third-order valence-electron chi connectivity index (χ3n) is 6.54. The van der Waals surface area contributed by atoms with E-state index >= 15 is 0 Å². The van der Waals surface area contributed by atoms with Crippen molar-refractivity contribution in [3.8, 4) is 5.75 Å². The van der Waals surface area contributed by atoms with Gasteiger partial charge in [0.25, 0.3) is 5.91 Å². The van der Waals surface area contributed by atoms with Crippen molar-refractivity contribution in [3.63, 3.8) is 0 Å². The Morgan fingerprint density at radius 1 is 1.06 bits per heavy atom. The van der Waals surface area contributed by atoms with Crippen molar-refractivity contribution in [2.75, 3.05) is 6.54 Å². The maximum absolute atomic E-state index is 13.1. The first-order valence-corrected chi connectivity index (χ1v) is 11.1. The van der Waals surface area contributed by atoms with Crippen LogP contribution in [-0.2, 0) is 10.3 Å². The highest BCUT2D eigenvalue weighted by atomic mass is 19.3. The molecule has 2 aliphatic rings. The SMILES string of the molecule is CC1(c2ccc(OC(F)F)cc2)NC(=O)N(CC(=O)c2ccc(C3CCCCC3)cc2)C1=O. The monoisotopic (exact) mass is 456 g/mol. The van der Waals surface area contributed by atoms with Crippen LogP contribution in [0.3, 0.4) is 0 Å². The van der Waals surface area contributed by atoms with Gasteiger partial charge in [0.2, 0.25) is 0 Å². The summed E-state index contributed by atoms with van der Waals surface area (Å²) in [6.45, 7) is -1.83. The van der Waals surface area contributed by atoms with Crippen LogP contribution in [0.4, 0.5) is 13.6 Å². The first-order valence-electron chi connectivity index (χ1n) is 11.1. The fourth-order valence-corrected chi connectivity index (χ4v) is 4.62. The molecule has 0 spiro atoms. The molecule has 174 valence electrons. The quantitative estimate of drug-likeness (QED) is 0.471. The van der Waals surface area contributed by atoms with Crippen molar-refractivity contribution in [3.05, 3.63) is 65.2 Å². The first-order chi connectivity index (χ1) is 15.8. The predicted molar refractivity (Wildman–Crippen MR) is 117 cm³/mol. The van der Waals surface area contributed by atoms with E-state index in [0.717, 1.165) is 17.7 Å². The van der Waals surface area contributed by atoms with Gasteiger partial charge in [-0.3, -0.25) is 14.5 Å². The molecule has 3 amide bonds. The number of ether oxygens (including phenoxy) is 1. The van der Waals surface area contributed by atoms with Gasteiger partial charge >= 0.3 is 12.6 Å². The first kappa shape index (κ1) is 22.9. The highest BCUT2D eigenvalue weighted by Gasteiger charge is 2.49. The average molecular weight is 456 g/mol. The number of alkyl halides is 2. The fourth-order valence-electron chi connectivity index (χ4n) is 4.62. The normalized spacial score (nSPS) is 21.4. The molecule has 4 rings (SSSR count). The lowest BCUT2D eigenvalue weighted by Gasteiger charge is -2.22. The van der Waals surface area contributed by atoms with Crippen LogP contribution in [0, 0.1) is 0 Å². The molecule has 33 heavy (non-hydrogen) atoms. The summed E-state index contributed by atoms with van der Waals surface area (Å²) < 4.78 is 29.1. The summed E-state index contributed by atoms with van der Waals surface area (Å²) in [4.78, 5) is 39.3. The second kappa shape index (κ2) is 9.29. The number of Topliss-reactive ketones (excluding diaryl/α,β-unsaturated/α-hetero) is 1. The molecule has 2 aromatic rings. The fraction of sp³-hybridized carbons (Fsp3) is 0.400. The molecule has 0 aromatic heterocycles. The standard InChI is InChI=1S/C25H26F2N2O4/c1-25(19-11-13-20(14-12-19)33-23(26)27)22(31)29(24(32)28-25)15-21(30)18-9-7-17(8-10-18)16-5-3-2-4-6-16/h7-14,16,23H,2-6,15H2,1H3,(H,28,32). The molecule has 1 aliphatic heterocycles. The largest absolute Gasteiger partial charge is 0.435 e. The summed E-state index contributed by atoms with van der Waals surface area (Å²) in [7, 11) is 0. The van der Waals surface area contributed by atoms with Crippen LogP contribution in [0.5, 0.6) is 5.75 Å². The summed E-state index contributed by atoms with van der Waals surface area (Å²) >= 11 is 0. The Hall–Kier alpha value is -3.29. The van der Waals surface area contributed by atoms with Gasteiger partial charge in [0.15, 0.2) is 5.78 Å². The van der Waals surface area contributed by atoms with Gasteiger partial charge in [-0.2, -0.15) is 8.78 Å². The molecule has 1 heterocycles. The molecule has 2 aromatic carbocycles. The van der Waals surface area contributed by atoms with E-state index in [1.54, 1.807) is 12.1 Å². The van der Waals surface area contributed by atoms with Crippen molar-refractivity contribution in [2.24, 2.45) is 0 Å². The molecule has 1 atom stereocenters. The number of nitrogens with one attached hydrogen (secondary N) is 1. The number of rotatable bonds is 7. The smallest absolute Gasteiger partial charge is 0.387 e. The van der Waals surface area contributed by atoms with Gasteiger partial charge < -0.3 is 10.1 Å². The number of amides is 3. The Kier molecular flexibility index (Phi) is 6.44. The molecule has 0 radical (unpaired) electrons. The van der Waals surface area contributed by atoms with Crippen LogP contribution in [0.25, 0.3) is 0 Å². The minimum absolute atomic E-state index is 0.0576. The Balaban J connectivity index is 1.44. The van der Waals surface area contributed by atoms with E-state index in [-0.39, 0.29) is 18.1 Å². The van der Waals surface area contributed by atoms with Crippen LogP contribution in [0.2, 0.25) is 0 Å². The average Bonchev–Trinajstić information content (AvgIpc) is 3.03. The van der Waals surface area contributed by atoms with Crippen LogP contribution < -0.4 is 10.1 Å². The van der Waals surface area contributed by atoms with E-state index in [4.69, 9.17) is 0 Å². The van der Waals surface area contributed by atoms with Crippen molar-refractivity contribution < 1.29 is 27.9 Å². The zero-order chi connectivity index (χ0) is 23.6. The molecular weight excluding hydrogens is 430 g/mol. The van der Waals surface area contributed by atoms with Gasteiger partial charge in [0.05, 0.1) is 6.54 Å². The van der Waals surface area contributed by atoms with Crippen molar-refractivity contribution in [1.82, 2.24) is 10.2 Å². The molecule has 1 saturated heterocycles. The van der Waals surface area contributed by atoms with Gasteiger partial charge in [-0.15, -0.1) is 0 Å². The van der Waals surface area contributed by atoms with Gasteiger partial charge in [0, 0.05) is 5.56 Å². The molecule has 0 bridgehead atoms. The van der Waals surface area contributed by atoms with Gasteiger partial charge in [-0.25, -0.2) is 4.79 Å². The molecule has 1 N–H and O–H groups in total. The number of halogens is 2. The van der Waals surface area contributed by atoms with E-state index < -0.39 is 24.1 Å². The second-order valence-electron chi connectivity index (χ2n) is 8.73. The Labute approximate surface area is 190 Å². The number of imide groups is 1. The number of benzene rings is 2. The van der Waals surface area contributed by atoms with E-state index in [2.05, 4.69) is 10.1 Å². The van der Waals surface area contributed by atoms with Gasteiger partial charge in [-0.1, -0.05) is 55.7 Å². The number of hydrogen-bond donors (Lipinski definition) is 1. The predicted octanol–water partition coefficient (Wildman–Crippen LogP) is 4.99. The van der Waals surface area contributed by atoms with E-state index in [0.29, 0.717) is 17.0 Å². The summed E-state index contributed by atoms with van der Waals surface area (Å²) in [6.07, 6.45) is 6.02. The van der Waals surface area contributed by atoms with Gasteiger partial charge in [0.1, 0.15) is 11.3 Å². The third kappa shape index (κ3) is 4.74. The van der Waals surface area contributed by atoms with Crippen LogP contribution in [0.1, 0.15) is 66.4 Å². The van der Waals surface area contributed by atoms with E-state index in [1.165, 1.54) is 56.0 Å². The molecular formula is C25H26F2N2O4. The highest BCUT2D eigenvalue weighted by molar-refractivity contribution is 6.11. The molecule has 1 saturated carbocycles. The number of carbonyl (C=O) groups excluding carboxylic acids is 3. The summed E-state index contributed by atoms with van der Waals surface area (Å²) in [5.41, 5.74) is 0.644. The Morgan fingerprint density at radius 2 is 1.70 bits per heavy atom. The molecule has 8 heteroatoms. The lowest BCUT2D eigenvalue weighted by Crippen LogP contribution is -2.41. The number of nitrogens with zero attached hydrogens (tertiary/aromatic N) is 1. The lowest BCUT2D eigenvalue weighted by atomic mass is 9.84. The zero-order valence-electron chi connectivity index (χ0n) is 18.4. The van der Waals surface area contributed by atoms with E-state index in [9.17, 15) is 23.2 Å². The van der Waals surface area contributed by atoms with E-state index in [1.807, 2.05) is 12.1 Å². The van der Waals surface area contributed by atoms with Crippen LogP contribution in [-0.4, -0.2) is 35.8 Å². The third-order valence-corrected chi connectivity index (χ3v) is 6.54.